The van der Waals surface area contributed by atoms with E-state index in [1.165, 1.54) is 36.6 Å². The summed E-state index contributed by atoms with van der Waals surface area (Å²) < 4.78 is 25.0. The molecule has 7 heteroatoms. The summed E-state index contributed by atoms with van der Waals surface area (Å²) in [5.74, 6) is -0.279. The van der Waals surface area contributed by atoms with Gasteiger partial charge in [0.2, 0.25) is 10.0 Å². The predicted molar refractivity (Wildman–Crippen MR) is 107 cm³/mol. The molecule has 2 aromatic carbocycles. The summed E-state index contributed by atoms with van der Waals surface area (Å²) in [4.78, 5) is 13.6. The Bertz CT molecular complexity index is 874. The molecule has 0 atom stereocenters. The molecule has 5 nitrogen and oxygen atoms in total. The lowest BCUT2D eigenvalue weighted by atomic mass is 10.2. The van der Waals surface area contributed by atoms with Gasteiger partial charge in [0.15, 0.2) is 0 Å². The summed E-state index contributed by atoms with van der Waals surface area (Å²) in [6.07, 6.45) is 6.27. The van der Waals surface area contributed by atoms with Crippen LogP contribution in [0, 0.1) is 0 Å². The molecule has 2 aromatic rings. The van der Waals surface area contributed by atoms with Gasteiger partial charge in [-0.1, -0.05) is 18.9 Å². The molecule has 0 unspecified atom stereocenters. The third kappa shape index (κ3) is 5.51. The molecule has 26 heavy (non-hydrogen) atoms. The van der Waals surface area contributed by atoms with Crippen LogP contribution in [0.1, 0.15) is 36.0 Å². The summed E-state index contributed by atoms with van der Waals surface area (Å²) in [7, 11) is -3.38. The molecule has 0 saturated heterocycles. The van der Waals surface area contributed by atoms with Crippen LogP contribution in [0.25, 0.3) is 0 Å². The second-order valence-electron chi connectivity index (χ2n) is 6.46. The largest absolute Gasteiger partial charge is 0.322 e. The van der Waals surface area contributed by atoms with E-state index in [1.807, 2.05) is 36.0 Å². The number of benzene rings is 2. The van der Waals surface area contributed by atoms with E-state index in [0.29, 0.717) is 22.2 Å². The summed E-state index contributed by atoms with van der Waals surface area (Å²) in [6.45, 7) is 0. The molecule has 2 N–H and O–H groups in total. The van der Waals surface area contributed by atoms with Crippen LogP contribution in [0.5, 0.6) is 0 Å². The SMILES string of the molecule is CS(=O)(=O)Nc1cccc(C(=O)Nc2ccc(SC3CCCC3)cc2)c1. The standard InChI is InChI=1S/C19H22N2O3S2/c1-26(23,24)21-16-6-4-5-14(13-16)19(22)20-15-9-11-18(12-10-15)25-17-7-2-3-8-17/h4-6,9-13,17,21H,2-3,7-8H2,1H3,(H,20,22). The molecule has 1 saturated carbocycles. The number of hydrogen-bond acceptors (Lipinski definition) is 4. The first-order valence-electron chi connectivity index (χ1n) is 8.55. The van der Waals surface area contributed by atoms with E-state index >= 15 is 0 Å². The van der Waals surface area contributed by atoms with Gasteiger partial charge in [0.05, 0.1) is 6.26 Å². The van der Waals surface area contributed by atoms with Crippen molar-refractivity contribution in [2.45, 2.75) is 35.8 Å². The van der Waals surface area contributed by atoms with Crippen LogP contribution >= 0.6 is 11.8 Å². The van der Waals surface area contributed by atoms with Crippen molar-refractivity contribution >= 4 is 39.1 Å². The zero-order chi connectivity index (χ0) is 18.6. The van der Waals surface area contributed by atoms with Crippen LogP contribution in [-0.4, -0.2) is 25.8 Å². The highest BCUT2D eigenvalue weighted by atomic mass is 32.2. The van der Waals surface area contributed by atoms with Gasteiger partial charge in [0, 0.05) is 27.1 Å². The first-order chi connectivity index (χ1) is 12.4. The maximum atomic E-state index is 12.4. The smallest absolute Gasteiger partial charge is 0.255 e. The summed E-state index contributed by atoms with van der Waals surface area (Å²) in [5, 5.41) is 3.55. The van der Waals surface area contributed by atoms with E-state index < -0.39 is 10.0 Å². The Hall–Kier alpha value is -1.99. The van der Waals surface area contributed by atoms with E-state index in [4.69, 9.17) is 0 Å². The van der Waals surface area contributed by atoms with Crippen LogP contribution in [0.4, 0.5) is 11.4 Å². The molecule has 138 valence electrons. The minimum atomic E-state index is -3.38. The number of hydrogen-bond donors (Lipinski definition) is 2. The molecule has 0 radical (unpaired) electrons. The number of rotatable bonds is 6. The average molecular weight is 391 g/mol. The van der Waals surface area contributed by atoms with Crippen molar-refractivity contribution in [2.75, 3.05) is 16.3 Å². The zero-order valence-electron chi connectivity index (χ0n) is 14.6. The number of anilines is 2. The number of carbonyl (C=O) groups is 1. The van der Waals surface area contributed by atoms with Gasteiger partial charge in [-0.15, -0.1) is 11.8 Å². The second kappa shape index (κ2) is 8.14. The van der Waals surface area contributed by atoms with Crippen molar-refractivity contribution in [2.24, 2.45) is 0 Å². The molecule has 0 aliphatic heterocycles. The zero-order valence-corrected chi connectivity index (χ0v) is 16.2. The van der Waals surface area contributed by atoms with Crippen LogP contribution in [0.2, 0.25) is 0 Å². The highest BCUT2D eigenvalue weighted by Gasteiger charge is 2.16. The molecule has 1 fully saturated rings. The van der Waals surface area contributed by atoms with E-state index in [-0.39, 0.29) is 5.91 Å². The van der Waals surface area contributed by atoms with E-state index in [1.54, 1.807) is 18.2 Å². The number of carbonyl (C=O) groups excluding carboxylic acids is 1. The number of amides is 1. The molecule has 3 rings (SSSR count). The van der Waals surface area contributed by atoms with Crippen molar-refractivity contribution < 1.29 is 13.2 Å². The Morgan fingerprint density at radius 2 is 1.73 bits per heavy atom. The first kappa shape index (κ1) is 18.8. The third-order valence-electron chi connectivity index (χ3n) is 4.15. The van der Waals surface area contributed by atoms with E-state index in [9.17, 15) is 13.2 Å². The Labute approximate surface area is 158 Å². The fraction of sp³-hybridized carbons (Fsp3) is 0.316. The van der Waals surface area contributed by atoms with Gasteiger partial charge in [0.1, 0.15) is 0 Å². The van der Waals surface area contributed by atoms with E-state index in [2.05, 4.69) is 10.0 Å². The minimum Gasteiger partial charge on any atom is -0.322 e. The van der Waals surface area contributed by atoms with Gasteiger partial charge in [-0.25, -0.2) is 8.42 Å². The molecular weight excluding hydrogens is 368 g/mol. The highest BCUT2D eigenvalue weighted by Crippen LogP contribution is 2.35. The van der Waals surface area contributed by atoms with Gasteiger partial charge in [-0.3, -0.25) is 9.52 Å². The van der Waals surface area contributed by atoms with Crippen LogP contribution in [0.15, 0.2) is 53.4 Å². The Morgan fingerprint density at radius 3 is 2.38 bits per heavy atom. The predicted octanol–water partition coefficient (Wildman–Crippen LogP) is 4.35. The van der Waals surface area contributed by atoms with Gasteiger partial charge in [0.25, 0.3) is 5.91 Å². The number of nitrogens with one attached hydrogen (secondary N) is 2. The fourth-order valence-corrected chi connectivity index (χ4v) is 4.76. The molecular formula is C19H22N2O3S2. The second-order valence-corrected chi connectivity index (χ2v) is 9.58. The van der Waals surface area contributed by atoms with Crippen molar-refractivity contribution in [3.8, 4) is 0 Å². The molecule has 1 aliphatic carbocycles. The summed E-state index contributed by atoms with van der Waals surface area (Å²) in [6, 6.07) is 14.3. The minimum absolute atomic E-state index is 0.279. The first-order valence-corrected chi connectivity index (χ1v) is 11.3. The molecule has 1 amide bonds. The normalized spacial score (nSPS) is 15.0. The molecule has 0 bridgehead atoms. The highest BCUT2D eigenvalue weighted by molar-refractivity contribution is 8.00. The van der Waals surface area contributed by atoms with Crippen molar-refractivity contribution in [3.05, 3.63) is 54.1 Å². The Balaban J connectivity index is 1.63. The molecule has 0 heterocycles. The van der Waals surface area contributed by atoms with Gasteiger partial charge in [-0.2, -0.15) is 0 Å². The Morgan fingerprint density at radius 1 is 1.04 bits per heavy atom. The number of thioether (sulfide) groups is 1. The lowest BCUT2D eigenvalue weighted by Crippen LogP contribution is -2.13. The summed E-state index contributed by atoms with van der Waals surface area (Å²) >= 11 is 1.90. The van der Waals surface area contributed by atoms with Crippen molar-refractivity contribution in [3.63, 3.8) is 0 Å². The topological polar surface area (TPSA) is 75.3 Å². The van der Waals surface area contributed by atoms with Crippen LogP contribution in [-0.2, 0) is 10.0 Å². The van der Waals surface area contributed by atoms with Crippen molar-refractivity contribution in [1.29, 1.82) is 0 Å². The maximum Gasteiger partial charge on any atom is 0.255 e. The molecule has 0 spiro atoms. The molecule has 0 aromatic heterocycles. The third-order valence-corrected chi connectivity index (χ3v) is 6.10. The van der Waals surface area contributed by atoms with Gasteiger partial charge >= 0.3 is 0 Å². The van der Waals surface area contributed by atoms with Crippen molar-refractivity contribution in [1.82, 2.24) is 0 Å². The summed E-state index contributed by atoms with van der Waals surface area (Å²) in [5.41, 5.74) is 1.47. The number of sulfonamides is 1. The van der Waals surface area contributed by atoms with Crippen LogP contribution in [0.3, 0.4) is 0 Å². The van der Waals surface area contributed by atoms with Crippen LogP contribution < -0.4 is 10.0 Å². The fourth-order valence-electron chi connectivity index (χ4n) is 2.96. The molecule has 1 aliphatic rings. The Kier molecular flexibility index (Phi) is 5.88. The van der Waals surface area contributed by atoms with Gasteiger partial charge < -0.3 is 5.32 Å². The monoisotopic (exact) mass is 390 g/mol. The van der Waals surface area contributed by atoms with Gasteiger partial charge in [-0.05, 0) is 55.3 Å². The van der Waals surface area contributed by atoms with E-state index in [0.717, 1.165) is 6.26 Å². The average Bonchev–Trinajstić information content (AvgIpc) is 3.08. The lowest BCUT2D eigenvalue weighted by Gasteiger charge is -2.10. The quantitative estimate of drug-likeness (QED) is 0.769. The lowest BCUT2D eigenvalue weighted by molar-refractivity contribution is 0.102. The maximum absolute atomic E-state index is 12.4.